The number of aromatic nitrogens is 1. The zero-order valence-electron chi connectivity index (χ0n) is 24.1. The van der Waals surface area contributed by atoms with E-state index in [0.29, 0.717) is 17.4 Å². The third kappa shape index (κ3) is 6.43. The second kappa shape index (κ2) is 12.5. The average molecular weight is 533 g/mol. The Morgan fingerprint density at radius 2 is 1.52 bits per heavy atom. The van der Waals surface area contributed by atoms with E-state index in [2.05, 4.69) is 96.3 Å². The summed E-state index contributed by atoms with van der Waals surface area (Å²) in [5.74, 6) is 0.688. The number of carbonyl (C=O) groups excluding carboxylic acids is 1. The van der Waals surface area contributed by atoms with E-state index in [0.717, 1.165) is 55.2 Å². The van der Waals surface area contributed by atoms with E-state index in [1.807, 2.05) is 42.6 Å². The van der Waals surface area contributed by atoms with Gasteiger partial charge < -0.3 is 10.2 Å². The number of rotatable bonds is 8. The molecule has 0 bridgehead atoms. The van der Waals surface area contributed by atoms with Crippen molar-refractivity contribution in [3.63, 3.8) is 0 Å². The fourth-order valence-corrected chi connectivity index (χ4v) is 5.44. The number of hydrogen-bond donors (Lipinski definition) is 1. The highest BCUT2D eigenvalue weighted by molar-refractivity contribution is 6.09. The van der Waals surface area contributed by atoms with Gasteiger partial charge in [0.1, 0.15) is 0 Å². The van der Waals surface area contributed by atoms with Crippen LogP contribution in [0.5, 0.6) is 0 Å². The molecular weight excluding hydrogens is 492 g/mol. The van der Waals surface area contributed by atoms with Crippen LogP contribution in [0.1, 0.15) is 66.7 Å². The summed E-state index contributed by atoms with van der Waals surface area (Å²) in [6.07, 6.45) is 1.86. The van der Waals surface area contributed by atoms with Gasteiger partial charge in [0.2, 0.25) is 0 Å². The number of amides is 1. The monoisotopic (exact) mass is 532 g/mol. The minimum absolute atomic E-state index is 0.0821. The van der Waals surface area contributed by atoms with Gasteiger partial charge in [0.15, 0.2) is 0 Å². The highest BCUT2D eigenvalue weighted by atomic mass is 16.1. The molecule has 0 atom stereocenters. The van der Waals surface area contributed by atoms with E-state index in [9.17, 15) is 4.79 Å². The van der Waals surface area contributed by atoms with E-state index in [-0.39, 0.29) is 5.91 Å². The van der Waals surface area contributed by atoms with Gasteiger partial charge in [0.25, 0.3) is 5.91 Å². The SMILES string of the molecule is CC(C)c1ccc(-c2c(C(=O)Nc3ccc(N4CCN(Cc5ccccn5)CC4)cc3)cccc2C(C)C)cc1. The van der Waals surface area contributed by atoms with Gasteiger partial charge in [-0.05, 0) is 76.6 Å². The average Bonchev–Trinajstić information content (AvgIpc) is 2.98. The molecule has 206 valence electrons. The van der Waals surface area contributed by atoms with Crippen LogP contribution in [-0.2, 0) is 6.54 Å². The van der Waals surface area contributed by atoms with Crippen molar-refractivity contribution in [3.8, 4) is 11.1 Å². The molecule has 5 heteroatoms. The molecule has 5 nitrogen and oxygen atoms in total. The summed E-state index contributed by atoms with van der Waals surface area (Å²) in [4.78, 5) is 22.9. The van der Waals surface area contributed by atoms with Crippen LogP contribution in [0.4, 0.5) is 11.4 Å². The van der Waals surface area contributed by atoms with E-state index < -0.39 is 0 Å². The quantitative estimate of drug-likeness (QED) is 0.254. The van der Waals surface area contributed by atoms with Crippen molar-refractivity contribution in [3.05, 3.63) is 114 Å². The van der Waals surface area contributed by atoms with Gasteiger partial charge in [-0.3, -0.25) is 14.7 Å². The number of piperazine rings is 1. The van der Waals surface area contributed by atoms with Gasteiger partial charge in [-0.15, -0.1) is 0 Å². The van der Waals surface area contributed by atoms with Gasteiger partial charge in [-0.1, -0.05) is 70.2 Å². The summed E-state index contributed by atoms with van der Waals surface area (Å²) in [5.41, 5.74) is 8.39. The lowest BCUT2D eigenvalue weighted by atomic mass is 9.87. The molecule has 0 aliphatic carbocycles. The summed E-state index contributed by atoms with van der Waals surface area (Å²) >= 11 is 0. The Morgan fingerprint density at radius 1 is 0.800 bits per heavy atom. The standard InChI is InChI=1S/C35H40N4O/c1-25(2)27-11-13-28(14-12-27)34-32(26(3)4)9-7-10-33(34)35(40)37-29-15-17-31(18-16-29)39-22-20-38(21-23-39)24-30-8-5-6-19-36-30/h5-19,25-26H,20-24H2,1-4H3,(H,37,40). The Kier molecular flexibility index (Phi) is 8.61. The summed E-state index contributed by atoms with van der Waals surface area (Å²) in [6, 6.07) is 29.1. The molecule has 40 heavy (non-hydrogen) atoms. The molecule has 2 heterocycles. The van der Waals surface area contributed by atoms with Crippen molar-refractivity contribution in [2.24, 2.45) is 0 Å². The van der Waals surface area contributed by atoms with Crippen LogP contribution in [0.3, 0.4) is 0 Å². The van der Waals surface area contributed by atoms with Gasteiger partial charge >= 0.3 is 0 Å². The number of nitrogens with one attached hydrogen (secondary N) is 1. The van der Waals surface area contributed by atoms with Crippen molar-refractivity contribution >= 4 is 17.3 Å². The minimum atomic E-state index is -0.0821. The maximum atomic E-state index is 13.6. The largest absolute Gasteiger partial charge is 0.369 e. The molecule has 1 N–H and O–H groups in total. The van der Waals surface area contributed by atoms with Crippen molar-refractivity contribution in [1.82, 2.24) is 9.88 Å². The van der Waals surface area contributed by atoms with Crippen LogP contribution in [0.2, 0.25) is 0 Å². The number of carbonyl (C=O) groups is 1. The summed E-state index contributed by atoms with van der Waals surface area (Å²) in [6.45, 7) is 13.6. The second-order valence-corrected chi connectivity index (χ2v) is 11.3. The normalized spacial score (nSPS) is 14.1. The Balaban J connectivity index is 1.27. The van der Waals surface area contributed by atoms with E-state index in [1.54, 1.807) is 0 Å². The number of anilines is 2. The van der Waals surface area contributed by atoms with Gasteiger partial charge in [0.05, 0.1) is 5.69 Å². The van der Waals surface area contributed by atoms with E-state index >= 15 is 0 Å². The Bertz CT molecular complexity index is 1400. The zero-order valence-corrected chi connectivity index (χ0v) is 24.1. The molecule has 3 aromatic carbocycles. The molecule has 1 amide bonds. The molecule has 4 aromatic rings. The molecule has 0 radical (unpaired) electrons. The van der Waals surface area contributed by atoms with Gasteiger partial charge in [-0.25, -0.2) is 0 Å². The van der Waals surface area contributed by atoms with Crippen molar-refractivity contribution in [2.75, 3.05) is 36.4 Å². The maximum absolute atomic E-state index is 13.6. The van der Waals surface area contributed by atoms with Crippen LogP contribution in [0.25, 0.3) is 11.1 Å². The lowest BCUT2D eigenvalue weighted by Gasteiger charge is -2.36. The molecule has 1 aliphatic heterocycles. The first kappa shape index (κ1) is 27.6. The van der Waals surface area contributed by atoms with Crippen molar-refractivity contribution in [1.29, 1.82) is 0 Å². The molecule has 0 unspecified atom stereocenters. The first-order valence-corrected chi connectivity index (χ1v) is 14.4. The first-order chi connectivity index (χ1) is 19.4. The molecule has 1 aromatic heterocycles. The third-order valence-corrected chi connectivity index (χ3v) is 7.80. The second-order valence-electron chi connectivity index (χ2n) is 11.3. The molecular formula is C35H40N4O. The lowest BCUT2D eigenvalue weighted by molar-refractivity contribution is 0.102. The molecule has 1 aliphatic rings. The Labute approximate surface area is 238 Å². The fraction of sp³-hybridized carbons (Fsp3) is 0.314. The van der Waals surface area contributed by atoms with Crippen LogP contribution in [0, 0.1) is 0 Å². The van der Waals surface area contributed by atoms with Crippen LogP contribution < -0.4 is 10.2 Å². The van der Waals surface area contributed by atoms with Crippen molar-refractivity contribution < 1.29 is 4.79 Å². The highest BCUT2D eigenvalue weighted by Gasteiger charge is 2.20. The number of nitrogens with zero attached hydrogens (tertiary/aromatic N) is 3. The zero-order chi connectivity index (χ0) is 28.1. The smallest absolute Gasteiger partial charge is 0.256 e. The molecule has 5 rings (SSSR count). The first-order valence-electron chi connectivity index (χ1n) is 14.4. The maximum Gasteiger partial charge on any atom is 0.256 e. The number of hydrogen-bond acceptors (Lipinski definition) is 4. The predicted molar refractivity (Wildman–Crippen MR) is 166 cm³/mol. The highest BCUT2D eigenvalue weighted by Crippen LogP contribution is 2.34. The van der Waals surface area contributed by atoms with Crippen LogP contribution in [-0.4, -0.2) is 42.0 Å². The molecule has 1 fully saturated rings. The van der Waals surface area contributed by atoms with Gasteiger partial charge in [-0.2, -0.15) is 0 Å². The van der Waals surface area contributed by atoms with Crippen LogP contribution >= 0.6 is 0 Å². The summed E-state index contributed by atoms with van der Waals surface area (Å²) in [5, 5.41) is 3.16. The fourth-order valence-electron chi connectivity index (χ4n) is 5.44. The minimum Gasteiger partial charge on any atom is -0.369 e. The molecule has 1 saturated heterocycles. The summed E-state index contributed by atoms with van der Waals surface area (Å²) in [7, 11) is 0. The third-order valence-electron chi connectivity index (χ3n) is 7.80. The number of benzene rings is 3. The summed E-state index contributed by atoms with van der Waals surface area (Å²) < 4.78 is 0. The molecule has 0 spiro atoms. The van der Waals surface area contributed by atoms with Gasteiger partial charge in [0, 0.05) is 55.9 Å². The number of pyridine rings is 1. The van der Waals surface area contributed by atoms with Crippen LogP contribution in [0.15, 0.2) is 91.1 Å². The Morgan fingerprint density at radius 3 is 2.15 bits per heavy atom. The van der Waals surface area contributed by atoms with Crippen molar-refractivity contribution in [2.45, 2.75) is 46.1 Å². The molecule has 0 saturated carbocycles. The van der Waals surface area contributed by atoms with E-state index in [4.69, 9.17) is 0 Å². The van der Waals surface area contributed by atoms with E-state index in [1.165, 1.54) is 16.8 Å². The predicted octanol–water partition coefficient (Wildman–Crippen LogP) is 7.57. The Hall–Kier alpha value is -3.96. The lowest BCUT2D eigenvalue weighted by Crippen LogP contribution is -2.46. The topological polar surface area (TPSA) is 48.5 Å².